The van der Waals surface area contributed by atoms with Crippen molar-refractivity contribution in [2.24, 2.45) is 0 Å². The zero-order chi connectivity index (χ0) is 20.9. The van der Waals surface area contributed by atoms with Gasteiger partial charge in [0.05, 0.1) is 5.16 Å². The Hall–Kier alpha value is -1.40. The number of amides is 1. The Labute approximate surface area is 175 Å². The molecular formula is C21H32ClFN2O2S. The van der Waals surface area contributed by atoms with Gasteiger partial charge < -0.3 is 14.5 Å². The van der Waals surface area contributed by atoms with Crippen LogP contribution in [0.3, 0.4) is 0 Å². The van der Waals surface area contributed by atoms with Crippen molar-refractivity contribution in [3.05, 3.63) is 46.9 Å². The first kappa shape index (κ1) is 22.9. The lowest BCUT2D eigenvalue weighted by atomic mass is 10.0. The van der Waals surface area contributed by atoms with Crippen LogP contribution >= 0.6 is 21.6 Å². The minimum Gasteiger partial charge on any atom is -0.449 e. The number of aryl methyl sites for hydroxylation is 1. The van der Waals surface area contributed by atoms with Gasteiger partial charge in [-0.25, -0.2) is 19.2 Å². The maximum absolute atomic E-state index is 13.4. The van der Waals surface area contributed by atoms with Crippen molar-refractivity contribution in [2.75, 3.05) is 44.2 Å². The van der Waals surface area contributed by atoms with E-state index in [9.17, 15) is 9.18 Å². The Kier molecular flexibility index (Phi) is 8.07. The zero-order valence-electron chi connectivity index (χ0n) is 17.3. The van der Waals surface area contributed by atoms with E-state index >= 15 is 0 Å². The third-order valence-electron chi connectivity index (χ3n) is 5.04. The second-order valence-electron chi connectivity index (χ2n) is 8.20. The van der Waals surface area contributed by atoms with Crippen LogP contribution in [0.5, 0.6) is 0 Å². The number of hydrogen-bond donors (Lipinski definition) is 0. The average Bonchev–Trinajstić information content (AvgIpc) is 2.60. The van der Waals surface area contributed by atoms with E-state index in [0.717, 1.165) is 29.7 Å². The predicted octanol–water partition coefficient (Wildman–Crippen LogP) is 4.94. The van der Waals surface area contributed by atoms with E-state index in [0.29, 0.717) is 31.4 Å². The summed E-state index contributed by atoms with van der Waals surface area (Å²) in [5.41, 5.74) is 1.92. The molecule has 1 aliphatic heterocycles. The van der Waals surface area contributed by atoms with Gasteiger partial charge in [0.1, 0.15) is 12.4 Å². The molecule has 1 fully saturated rings. The summed E-state index contributed by atoms with van der Waals surface area (Å²) in [5, 5.41) is 0.470. The minimum absolute atomic E-state index is 0.192. The smallest absolute Gasteiger partial charge is 0.409 e. The number of carbonyl (C=O) groups excluding carboxylic acids is 1. The molecule has 0 aromatic heterocycles. The van der Waals surface area contributed by atoms with Crippen molar-refractivity contribution in [1.29, 1.82) is 0 Å². The Balaban J connectivity index is 1.90. The molecule has 4 nitrogen and oxygen atoms in total. The summed E-state index contributed by atoms with van der Waals surface area (Å²) in [5.74, 6) is 0.684. The van der Waals surface area contributed by atoms with Gasteiger partial charge in [0.25, 0.3) is 0 Å². The molecule has 0 unspecified atom stereocenters. The van der Waals surface area contributed by atoms with Crippen LogP contribution in [0.1, 0.15) is 24.0 Å². The van der Waals surface area contributed by atoms with E-state index in [2.05, 4.69) is 25.3 Å². The van der Waals surface area contributed by atoms with Crippen molar-refractivity contribution < 1.29 is 13.9 Å². The number of halogens is 2. The number of carbonyl (C=O) groups is 1. The third kappa shape index (κ3) is 6.89. The zero-order valence-corrected chi connectivity index (χ0v) is 18.9. The predicted molar refractivity (Wildman–Crippen MR) is 118 cm³/mol. The lowest BCUT2D eigenvalue weighted by molar-refractivity contribution is 0.0831. The SMILES string of the molecule is C=C(Cl)N(Cc1ccc(F)cc1C)C1CCN(C(=O)OCCS(C)(C)C)CC1. The van der Waals surface area contributed by atoms with E-state index in [4.69, 9.17) is 16.3 Å². The summed E-state index contributed by atoms with van der Waals surface area (Å²) in [7, 11) is -0.666. The van der Waals surface area contributed by atoms with Crippen molar-refractivity contribution in [3.63, 3.8) is 0 Å². The number of rotatable bonds is 7. The highest BCUT2D eigenvalue weighted by atomic mass is 35.5. The first-order valence-corrected chi connectivity index (χ1v) is 12.9. The topological polar surface area (TPSA) is 32.8 Å². The van der Waals surface area contributed by atoms with Gasteiger partial charge in [-0.1, -0.05) is 24.2 Å². The Morgan fingerprint density at radius 1 is 1.36 bits per heavy atom. The molecule has 0 aliphatic carbocycles. The van der Waals surface area contributed by atoms with Crippen molar-refractivity contribution >= 4 is 27.7 Å². The summed E-state index contributed by atoms with van der Waals surface area (Å²) in [6, 6.07) is 4.98. The molecule has 158 valence electrons. The molecule has 0 radical (unpaired) electrons. The highest BCUT2D eigenvalue weighted by Gasteiger charge is 2.28. The molecule has 2 rings (SSSR count). The number of ether oxygens (including phenoxy) is 1. The van der Waals surface area contributed by atoms with Gasteiger partial charge in [-0.15, -0.1) is 0 Å². The summed E-state index contributed by atoms with van der Waals surface area (Å²) in [6.45, 7) is 8.13. The van der Waals surface area contributed by atoms with E-state index in [1.165, 1.54) is 12.1 Å². The maximum Gasteiger partial charge on any atom is 0.409 e. The van der Waals surface area contributed by atoms with Crippen LogP contribution in [0.4, 0.5) is 9.18 Å². The molecular weight excluding hydrogens is 399 g/mol. The molecule has 1 saturated heterocycles. The van der Waals surface area contributed by atoms with Gasteiger partial charge >= 0.3 is 6.09 Å². The molecule has 0 spiro atoms. The minimum atomic E-state index is -0.666. The number of benzene rings is 1. The molecule has 0 N–H and O–H groups in total. The van der Waals surface area contributed by atoms with Gasteiger partial charge in [0.15, 0.2) is 0 Å². The molecule has 28 heavy (non-hydrogen) atoms. The maximum atomic E-state index is 13.4. The van der Waals surface area contributed by atoms with Crippen molar-refractivity contribution in [1.82, 2.24) is 9.80 Å². The summed E-state index contributed by atoms with van der Waals surface area (Å²) >= 11 is 6.28. The third-order valence-corrected chi connectivity index (χ3v) is 6.65. The molecule has 1 aromatic rings. The normalized spacial score (nSPS) is 16.0. The van der Waals surface area contributed by atoms with Crippen molar-refractivity contribution in [3.8, 4) is 0 Å². The van der Waals surface area contributed by atoms with Crippen LogP contribution in [0.15, 0.2) is 29.9 Å². The number of nitrogens with zero attached hydrogens (tertiary/aromatic N) is 2. The monoisotopic (exact) mass is 430 g/mol. The van der Waals surface area contributed by atoms with Crippen LogP contribution < -0.4 is 0 Å². The lowest BCUT2D eigenvalue weighted by Crippen LogP contribution is -2.46. The molecule has 1 aliphatic rings. The average molecular weight is 431 g/mol. The molecule has 1 heterocycles. The van der Waals surface area contributed by atoms with Gasteiger partial charge in [-0.2, -0.15) is 0 Å². The fourth-order valence-corrected chi connectivity index (χ4v) is 4.04. The van der Waals surface area contributed by atoms with Crippen LogP contribution in [0.2, 0.25) is 0 Å². The molecule has 0 bridgehead atoms. The molecule has 0 saturated carbocycles. The van der Waals surface area contributed by atoms with E-state index in [1.54, 1.807) is 11.0 Å². The van der Waals surface area contributed by atoms with Crippen molar-refractivity contribution in [2.45, 2.75) is 32.4 Å². The lowest BCUT2D eigenvalue weighted by Gasteiger charge is -2.39. The van der Waals surface area contributed by atoms with Gasteiger partial charge in [0.2, 0.25) is 0 Å². The van der Waals surface area contributed by atoms with Gasteiger partial charge in [-0.3, -0.25) is 0 Å². The largest absolute Gasteiger partial charge is 0.449 e. The van der Waals surface area contributed by atoms with E-state index in [-0.39, 0.29) is 18.0 Å². The van der Waals surface area contributed by atoms with Gasteiger partial charge in [0, 0.05) is 31.4 Å². The Morgan fingerprint density at radius 2 is 2.00 bits per heavy atom. The fraction of sp³-hybridized carbons (Fsp3) is 0.571. The van der Waals surface area contributed by atoms with E-state index in [1.807, 2.05) is 11.8 Å². The standard InChI is InChI=1S/C21H32ClFN2O2S/c1-16-14-19(23)7-6-18(16)15-25(17(2)22)20-8-10-24(11-9-20)21(26)27-12-13-28(3,4)5/h6-7,14,20H,2,8-13,15H2,1,3-5H3. The fourth-order valence-electron chi connectivity index (χ4n) is 3.26. The van der Waals surface area contributed by atoms with Crippen LogP contribution in [0, 0.1) is 12.7 Å². The highest BCUT2D eigenvalue weighted by Crippen LogP contribution is 2.33. The Bertz CT molecular complexity index is 700. The van der Waals surface area contributed by atoms with E-state index < -0.39 is 10.0 Å². The van der Waals surface area contributed by atoms with Gasteiger partial charge in [-0.05, 0) is 61.8 Å². The first-order chi connectivity index (χ1) is 13.1. The first-order valence-electron chi connectivity index (χ1n) is 9.50. The number of likely N-dealkylation sites (tertiary alicyclic amines) is 1. The summed E-state index contributed by atoms with van der Waals surface area (Å²) in [6.07, 6.45) is 8.00. The highest BCUT2D eigenvalue weighted by molar-refractivity contribution is 8.32. The number of piperidine rings is 1. The van der Waals surface area contributed by atoms with Crippen LogP contribution in [-0.4, -0.2) is 66.2 Å². The Morgan fingerprint density at radius 3 is 2.54 bits per heavy atom. The second-order valence-corrected chi connectivity index (χ2v) is 13.2. The molecule has 1 amide bonds. The van der Waals surface area contributed by atoms with Crippen LogP contribution in [-0.2, 0) is 11.3 Å². The summed E-state index contributed by atoms with van der Waals surface area (Å²) < 4.78 is 18.8. The number of hydrogen-bond acceptors (Lipinski definition) is 3. The quantitative estimate of drug-likeness (QED) is 0.574. The summed E-state index contributed by atoms with van der Waals surface area (Å²) in [4.78, 5) is 16.1. The van der Waals surface area contributed by atoms with Crippen LogP contribution in [0.25, 0.3) is 0 Å². The molecule has 1 aromatic carbocycles. The molecule has 0 atom stereocenters. The second kappa shape index (κ2) is 9.88. The molecule has 7 heteroatoms.